The number of halogens is 2. The minimum Gasteiger partial charge on any atom is -0.444 e. The number of ether oxygens (including phenoxy) is 1. The van der Waals surface area contributed by atoms with Crippen LogP contribution in [0.2, 0.25) is 5.28 Å². The summed E-state index contributed by atoms with van der Waals surface area (Å²) in [6.07, 6.45) is 3.02. The van der Waals surface area contributed by atoms with E-state index in [0.29, 0.717) is 18.9 Å². The van der Waals surface area contributed by atoms with Crippen LogP contribution in [0.5, 0.6) is 0 Å². The number of nitrogens with zero attached hydrogens (tertiary/aromatic N) is 3. The molecule has 1 aromatic heterocycles. The number of aromatic nitrogens is 2. The first-order valence-corrected chi connectivity index (χ1v) is 8.34. The first-order valence-electron chi connectivity index (χ1n) is 7.17. The third-order valence-corrected chi connectivity index (χ3v) is 3.96. The van der Waals surface area contributed by atoms with E-state index in [4.69, 9.17) is 16.3 Å². The van der Waals surface area contributed by atoms with E-state index in [0.717, 1.165) is 17.3 Å². The average Bonchev–Trinajstić information content (AvgIpc) is 2.42. The Balaban J connectivity index is 1.87. The number of hydrogen-bond donors (Lipinski definition) is 1. The fraction of sp³-hybridized carbons (Fsp3) is 0.643. The molecule has 0 atom stereocenters. The minimum atomic E-state index is -0.464. The molecule has 122 valence electrons. The fourth-order valence-electron chi connectivity index (χ4n) is 2.17. The molecule has 2 heterocycles. The van der Waals surface area contributed by atoms with Crippen LogP contribution in [0.4, 0.5) is 10.6 Å². The molecule has 8 heteroatoms. The number of carbonyl (C=O) groups excluding carboxylic acids is 1. The molecule has 0 radical (unpaired) electrons. The number of piperidine rings is 1. The van der Waals surface area contributed by atoms with Crippen LogP contribution in [0.1, 0.15) is 33.6 Å². The Bertz CT molecular complexity index is 542. The average molecular weight is 392 g/mol. The maximum atomic E-state index is 12.0. The summed E-state index contributed by atoms with van der Waals surface area (Å²) in [6, 6.07) is 0.237. The number of nitrogens with one attached hydrogen (secondary N) is 1. The Morgan fingerprint density at radius 2 is 2.09 bits per heavy atom. The van der Waals surface area contributed by atoms with Gasteiger partial charge in [-0.05, 0) is 61.1 Å². The van der Waals surface area contributed by atoms with Crippen molar-refractivity contribution >= 4 is 39.4 Å². The first-order chi connectivity index (χ1) is 10.2. The zero-order chi connectivity index (χ0) is 16.3. The number of carbonyl (C=O) groups is 1. The van der Waals surface area contributed by atoms with Crippen LogP contribution in [0.3, 0.4) is 0 Å². The van der Waals surface area contributed by atoms with Gasteiger partial charge in [0.2, 0.25) is 5.28 Å². The Kier molecular flexibility index (Phi) is 5.50. The van der Waals surface area contributed by atoms with Crippen molar-refractivity contribution in [1.29, 1.82) is 0 Å². The summed E-state index contributed by atoms with van der Waals surface area (Å²) in [7, 11) is 0. The Morgan fingerprint density at radius 3 is 2.68 bits per heavy atom. The second kappa shape index (κ2) is 7.00. The van der Waals surface area contributed by atoms with E-state index in [1.807, 2.05) is 20.8 Å². The number of rotatable bonds is 2. The van der Waals surface area contributed by atoms with Gasteiger partial charge in [0.15, 0.2) is 0 Å². The molecule has 0 bridgehead atoms. The quantitative estimate of drug-likeness (QED) is 0.779. The molecular weight excluding hydrogens is 372 g/mol. The van der Waals surface area contributed by atoms with Gasteiger partial charge in [0.05, 0.1) is 4.47 Å². The maximum absolute atomic E-state index is 12.0. The highest BCUT2D eigenvalue weighted by atomic mass is 79.9. The van der Waals surface area contributed by atoms with Crippen LogP contribution < -0.4 is 5.32 Å². The number of anilines is 1. The van der Waals surface area contributed by atoms with Gasteiger partial charge in [0, 0.05) is 25.3 Å². The lowest BCUT2D eigenvalue weighted by atomic mass is 10.1. The second-order valence-corrected chi connectivity index (χ2v) is 7.41. The molecule has 1 fully saturated rings. The third kappa shape index (κ3) is 4.98. The SMILES string of the molecule is CC(C)(C)OC(=O)N1CCC(Nc2nc(Cl)ncc2Br)CC1. The highest BCUT2D eigenvalue weighted by Crippen LogP contribution is 2.24. The predicted octanol–water partition coefficient (Wildman–Crippen LogP) is 3.70. The minimum absolute atomic E-state index is 0.205. The topological polar surface area (TPSA) is 67.3 Å². The van der Waals surface area contributed by atoms with E-state index in [2.05, 4.69) is 31.2 Å². The van der Waals surface area contributed by atoms with Crippen molar-refractivity contribution < 1.29 is 9.53 Å². The van der Waals surface area contributed by atoms with Gasteiger partial charge in [-0.2, -0.15) is 4.98 Å². The summed E-state index contributed by atoms with van der Waals surface area (Å²) in [5, 5.41) is 3.54. The fourth-order valence-corrected chi connectivity index (χ4v) is 2.61. The zero-order valence-corrected chi connectivity index (χ0v) is 15.2. The summed E-state index contributed by atoms with van der Waals surface area (Å²) in [4.78, 5) is 21.8. The van der Waals surface area contributed by atoms with Crippen molar-refractivity contribution in [3.8, 4) is 0 Å². The van der Waals surface area contributed by atoms with Crippen LogP contribution in [0, 0.1) is 0 Å². The summed E-state index contributed by atoms with van der Waals surface area (Å²) in [5.74, 6) is 0.677. The smallest absolute Gasteiger partial charge is 0.410 e. The predicted molar refractivity (Wildman–Crippen MR) is 89.2 cm³/mol. The molecule has 0 aromatic carbocycles. The van der Waals surface area contributed by atoms with Crippen molar-refractivity contribution in [3.05, 3.63) is 16.0 Å². The monoisotopic (exact) mass is 390 g/mol. The van der Waals surface area contributed by atoms with E-state index in [1.54, 1.807) is 11.1 Å². The van der Waals surface area contributed by atoms with Crippen molar-refractivity contribution in [2.45, 2.75) is 45.3 Å². The van der Waals surface area contributed by atoms with Gasteiger partial charge in [-0.3, -0.25) is 0 Å². The van der Waals surface area contributed by atoms with Crippen LogP contribution in [0.25, 0.3) is 0 Å². The van der Waals surface area contributed by atoms with Crippen LogP contribution >= 0.6 is 27.5 Å². The molecule has 1 N–H and O–H groups in total. The lowest BCUT2D eigenvalue weighted by molar-refractivity contribution is 0.0210. The lowest BCUT2D eigenvalue weighted by Crippen LogP contribution is -2.44. The van der Waals surface area contributed by atoms with Crippen molar-refractivity contribution in [2.24, 2.45) is 0 Å². The maximum Gasteiger partial charge on any atom is 0.410 e. The van der Waals surface area contributed by atoms with Gasteiger partial charge in [0.1, 0.15) is 11.4 Å². The first kappa shape index (κ1) is 17.3. The molecule has 6 nitrogen and oxygen atoms in total. The summed E-state index contributed by atoms with van der Waals surface area (Å²) < 4.78 is 6.16. The Labute approximate surface area is 143 Å². The highest BCUT2D eigenvalue weighted by molar-refractivity contribution is 9.10. The molecule has 0 aliphatic carbocycles. The summed E-state index contributed by atoms with van der Waals surface area (Å²) in [5.41, 5.74) is -0.464. The van der Waals surface area contributed by atoms with Crippen LogP contribution in [0.15, 0.2) is 10.7 Å². The number of likely N-dealkylation sites (tertiary alicyclic amines) is 1. The molecule has 1 aromatic rings. The summed E-state index contributed by atoms with van der Waals surface area (Å²) >= 11 is 9.20. The largest absolute Gasteiger partial charge is 0.444 e. The molecule has 1 amide bonds. The molecule has 0 saturated carbocycles. The van der Waals surface area contributed by atoms with E-state index in [1.165, 1.54) is 0 Å². The van der Waals surface area contributed by atoms with Crippen molar-refractivity contribution in [1.82, 2.24) is 14.9 Å². The van der Waals surface area contributed by atoms with Crippen LogP contribution in [-0.2, 0) is 4.74 Å². The highest BCUT2D eigenvalue weighted by Gasteiger charge is 2.27. The van der Waals surface area contributed by atoms with Gasteiger partial charge in [-0.25, -0.2) is 9.78 Å². The standard InChI is InChI=1S/C14H20BrClN4O2/c1-14(2,3)22-13(21)20-6-4-9(5-7-20)18-11-10(15)8-17-12(16)19-11/h8-9H,4-7H2,1-3H3,(H,17,18,19). The van der Waals surface area contributed by atoms with Crippen LogP contribution in [-0.4, -0.2) is 45.7 Å². The molecular formula is C14H20BrClN4O2. The molecule has 1 saturated heterocycles. The van der Waals surface area contributed by atoms with Crippen molar-refractivity contribution in [2.75, 3.05) is 18.4 Å². The molecule has 0 unspecified atom stereocenters. The molecule has 1 aliphatic rings. The molecule has 1 aliphatic heterocycles. The van der Waals surface area contributed by atoms with Gasteiger partial charge in [0.25, 0.3) is 0 Å². The molecule has 22 heavy (non-hydrogen) atoms. The van der Waals surface area contributed by atoms with E-state index in [9.17, 15) is 4.79 Å². The lowest BCUT2D eigenvalue weighted by Gasteiger charge is -2.34. The summed E-state index contributed by atoms with van der Waals surface area (Å²) in [6.45, 7) is 6.92. The Morgan fingerprint density at radius 1 is 1.45 bits per heavy atom. The normalized spacial score (nSPS) is 16.5. The number of hydrogen-bond acceptors (Lipinski definition) is 5. The van der Waals surface area contributed by atoms with Gasteiger partial charge in [-0.15, -0.1) is 0 Å². The molecule has 2 rings (SSSR count). The zero-order valence-electron chi connectivity index (χ0n) is 12.9. The van der Waals surface area contributed by atoms with E-state index in [-0.39, 0.29) is 17.4 Å². The van der Waals surface area contributed by atoms with E-state index >= 15 is 0 Å². The van der Waals surface area contributed by atoms with E-state index < -0.39 is 5.60 Å². The third-order valence-electron chi connectivity index (χ3n) is 3.20. The van der Waals surface area contributed by atoms with Gasteiger partial charge >= 0.3 is 6.09 Å². The van der Waals surface area contributed by atoms with Gasteiger partial charge in [-0.1, -0.05) is 0 Å². The number of amides is 1. The Hall–Kier alpha value is -1.08. The van der Waals surface area contributed by atoms with Gasteiger partial charge < -0.3 is 15.0 Å². The van der Waals surface area contributed by atoms with Crippen molar-refractivity contribution in [3.63, 3.8) is 0 Å². The second-order valence-electron chi connectivity index (χ2n) is 6.22. The molecule has 0 spiro atoms.